The minimum absolute atomic E-state index is 0.0600. The number of nitrogens with zero attached hydrogens (tertiary/aromatic N) is 4. The SMILES string of the molecule is CCN(CC)CCCC(=S)Cc1ccc2nc(N3CCN(C(=O)C(C)C)CC3)ccc2c1. The molecule has 1 amide bonds. The fourth-order valence-corrected chi connectivity index (χ4v) is 4.64. The number of amides is 1. The van der Waals surface area contributed by atoms with Crippen molar-refractivity contribution in [2.75, 3.05) is 50.7 Å². The molecule has 0 radical (unpaired) electrons. The maximum absolute atomic E-state index is 12.2. The maximum Gasteiger partial charge on any atom is 0.225 e. The molecule has 3 rings (SSSR count). The standard InChI is InChI=1S/C26H38N4OS/c1-5-28(6-2)13-7-8-23(32)19-21-9-11-24-22(18-21)10-12-25(27-24)29-14-16-30(17-15-29)26(31)20(3)4/h9-12,18,20H,5-8,13-17,19H2,1-4H3. The summed E-state index contributed by atoms with van der Waals surface area (Å²) >= 11 is 5.66. The van der Waals surface area contributed by atoms with E-state index in [1.54, 1.807) is 0 Å². The first-order chi connectivity index (χ1) is 15.4. The highest BCUT2D eigenvalue weighted by Crippen LogP contribution is 2.22. The van der Waals surface area contributed by atoms with E-state index in [-0.39, 0.29) is 11.8 Å². The second-order valence-corrected chi connectivity index (χ2v) is 9.59. The summed E-state index contributed by atoms with van der Waals surface area (Å²) in [7, 11) is 0. The van der Waals surface area contributed by atoms with Crippen LogP contribution in [0.15, 0.2) is 30.3 Å². The molecule has 1 aromatic carbocycles. The van der Waals surface area contributed by atoms with Gasteiger partial charge in [-0.25, -0.2) is 4.98 Å². The predicted octanol–water partition coefficient (Wildman–Crippen LogP) is 4.57. The van der Waals surface area contributed by atoms with Crippen LogP contribution in [0.25, 0.3) is 10.9 Å². The quantitative estimate of drug-likeness (QED) is 0.492. The van der Waals surface area contributed by atoms with Gasteiger partial charge in [0, 0.05) is 43.9 Å². The Balaban J connectivity index is 1.56. The summed E-state index contributed by atoms with van der Waals surface area (Å²) < 4.78 is 0. The summed E-state index contributed by atoms with van der Waals surface area (Å²) in [6, 6.07) is 10.8. The zero-order valence-corrected chi connectivity index (χ0v) is 21.0. The highest BCUT2D eigenvalue weighted by molar-refractivity contribution is 7.80. The number of carbonyl (C=O) groups excluding carboxylic acids is 1. The van der Waals surface area contributed by atoms with E-state index in [1.165, 1.54) is 5.56 Å². The topological polar surface area (TPSA) is 39.7 Å². The van der Waals surface area contributed by atoms with Crippen LogP contribution >= 0.6 is 12.2 Å². The molecule has 2 heterocycles. The van der Waals surface area contributed by atoms with Crippen molar-refractivity contribution in [1.29, 1.82) is 0 Å². The van der Waals surface area contributed by atoms with Gasteiger partial charge in [-0.05, 0) is 67.2 Å². The van der Waals surface area contributed by atoms with Crippen LogP contribution in [0.3, 0.4) is 0 Å². The molecule has 0 unspecified atom stereocenters. The minimum atomic E-state index is 0.0600. The Hall–Kier alpha value is -2.05. The van der Waals surface area contributed by atoms with Crippen molar-refractivity contribution in [2.45, 2.75) is 47.0 Å². The lowest BCUT2D eigenvalue weighted by molar-refractivity contribution is -0.134. The van der Waals surface area contributed by atoms with E-state index >= 15 is 0 Å². The summed E-state index contributed by atoms with van der Waals surface area (Å²) in [4.78, 5) is 25.0. The summed E-state index contributed by atoms with van der Waals surface area (Å²) in [5.41, 5.74) is 2.28. The van der Waals surface area contributed by atoms with Crippen LogP contribution in [0.4, 0.5) is 5.82 Å². The minimum Gasteiger partial charge on any atom is -0.353 e. The third-order valence-corrected chi connectivity index (χ3v) is 6.72. The Labute approximate surface area is 198 Å². The molecule has 2 aromatic rings. The first kappa shape index (κ1) is 24.6. The number of benzene rings is 1. The first-order valence-electron chi connectivity index (χ1n) is 12.1. The number of thiocarbonyl (C=S) groups is 1. The smallest absolute Gasteiger partial charge is 0.225 e. The fourth-order valence-electron chi connectivity index (χ4n) is 4.33. The lowest BCUT2D eigenvalue weighted by atomic mass is 10.0. The zero-order chi connectivity index (χ0) is 23.1. The van der Waals surface area contributed by atoms with Crippen LogP contribution in [0.2, 0.25) is 0 Å². The average Bonchev–Trinajstić information content (AvgIpc) is 2.81. The van der Waals surface area contributed by atoms with Gasteiger partial charge in [-0.15, -0.1) is 0 Å². The van der Waals surface area contributed by atoms with Crippen molar-refractivity contribution in [3.63, 3.8) is 0 Å². The predicted molar refractivity (Wildman–Crippen MR) is 139 cm³/mol. The van der Waals surface area contributed by atoms with Crippen molar-refractivity contribution < 1.29 is 4.79 Å². The van der Waals surface area contributed by atoms with Crippen molar-refractivity contribution in [1.82, 2.24) is 14.8 Å². The molecule has 1 saturated heterocycles. The number of rotatable bonds is 10. The number of anilines is 1. The second-order valence-electron chi connectivity index (χ2n) is 9.01. The molecule has 1 aliphatic rings. The third-order valence-electron chi connectivity index (χ3n) is 6.37. The van der Waals surface area contributed by atoms with Gasteiger partial charge >= 0.3 is 0 Å². The molecule has 5 nitrogen and oxygen atoms in total. The number of carbonyl (C=O) groups is 1. The largest absolute Gasteiger partial charge is 0.353 e. The van der Waals surface area contributed by atoms with Gasteiger partial charge in [0.05, 0.1) is 5.52 Å². The van der Waals surface area contributed by atoms with E-state index in [0.29, 0.717) is 0 Å². The molecule has 174 valence electrons. The number of piperazine rings is 1. The lowest BCUT2D eigenvalue weighted by Crippen LogP contribution is -2.50. The van der Waals surface area contributed by atoms with Gasteiger partial charge in [0.2, 0.25) is 5.91 Å². The molecule has 0 atom stereocenters. The van der Waals surface area contributed by atoms with Crippen LogP contribution in [0, 0.1) is 5.92 Å². The van der Waals surface area contributed by atoms with Crippen molar-refractivity contribution >= 4 is 39.7 Å². The van der Waals surface area contributed by atoms with E-state index in [0.717, 1.165) is 86.7 Å². The highest BCUT2D eigenvalue weighted by atomic mass is 32.1. The zero-order valence-electron chi connectivity index (χ0n) is 20.1. The molecule has 6 heteroatoms. The third kappa shape index (κ3) is 6.48. The molecular weight excluding hydrogens is 416 g/mol. The van der Waals surface area contributed by atoms with Crippen LogP contribution in [-0.2, 0) is 11.2 Å². The van der Waals surface area contributed by atoms with Crippen LogP contribution in [0.1, 0.15) is 46.1 Å². The Bertz CT molecular complexity index is 917. The van der Waals surface area contributed by atoms with Gasteiger partial charge in [-0.2, -0.15) is 0 Å². The van der Waals surface area contributed by atoms with Gasteiger partial charge in [0.15, 0.2) is 0 Å². The van der Waals surface area contributed by atoms with Crippen LogP contribution in [-0.4, -0.2) is 71.4 Å². The van der Waals surface area contributed by atoms with Gasteiger partial charge in [-0.1, -0.05) is 46.0 Å². The van der Waals surface area contributed by atoms with Crippen LogP contribution < -0.4 is 4.90 Å². The Kier molecular flexibility index (Phi) is 9.00. The summed E-state index contributed by atoms with van der Waals surface area (Å²) in [6.45, 7) is 14.9. The van der Waals surface area contributed by atoms with Crippen molar-refractivity contribution in [2.24, 2.45) is 5.92 Å². The first-order valence-corrected chi connectivity index (χ1v) is 12.5. The molecular formula is C26H38N4OS. The van der Waals surface area contributed by atoms with Gasteiger partial charge in [0.1, 0.15) is 5.82 Å². The van der Waals surface area contributed by atoms with Gasteiger partial charge in [-0.3, -0.25) is 4.79 Å². The van der Waals surface area contributed by atoms with E-state index in [9.17, 15) is 4.79 Å². The number of aromatic nitrogens is 1. The molecule has 1 fully saturated rings. The molecule has 0 bridgehead atoms. The molecule has 0 spiro atoms. The van der Waals surface area contributed by atoms with Gasteiger partial charge in [0.25, 0.3) is 0 Å². The maximum atomic E-state index is 12.2. The Morgan fingerprint density at radius 2 is 1.81 bits per heavy atom. The van der Waals surface area contributed by atoms with E-state index in [4.69, 9.17) is 17.2 Å². The van der Waals surface area contributed by atoms with Crippen molar-refractivity contribution in [3.05, 3.63) is 35.9 Å². The fraction of sp³-hybridized carbons (Fsp3) is 0.577. The molecule has 1 aromatic heterocycles. The molecule has 0 saturated carbocycles. The normalized spacial score (nSPS) is 14.6. The molecule has 0 N–H and O–H groups in total. The number of pyridine rings is 1. The molecule has 32 heavy (non-hydrogen) atoms. The van der Waals surface area contributed by atoms with E-state index in [2.05, 4.69) is 54.0 Å². The number of hydrogen-bond acceptors (Lipinski definition) is 5. The van der Waals surface area contributed by atoms with Crippen LogP contribution in [0.5, 0.6) is 0 Å². The molecule has 1 aliphatic heterocycles. The summed E-state index contributed by atoms with van der Waals surface area (Å²) in [5, 5.41) is 1.16. The van der Waals surface area contributed by atoms with Gasteiger partial charge < -0.3 is 14.7 Å². The molecule has 0 aliphatic carbocycles. The number of hydrogen-bond donors (Lipinski definition) is 0. The number of fused-ring (bicyclic) bond motifs is 1. The average molecular weight is 455 g/mol. The lowest BCUT2D eigenvalue weighted by Gasteiger charge is -2.36. The monoisotopic (exact) mass is 454 g/mol. The second kappa shape index (κ2) is 11.7. The highest BCUT2D eigenvalue weighted by Gasteiger charge is 2.23. The summed E-state index contributed by atoms with van der Waals surface area (Å²) in [6.07, 6.45) is 3.00. The summed E-state index contributed by atoms with van der Waals surface area (Å²) in [5.74, 6) is 1.30. The Morgan fingerprint density at radius 3 is 2.47 bits per heavy atom. The van der Waals surface area contributed by atoms with E-state index in [1.807, 2.05) is 18.7 Å². The van der Waals surface area contributed by atoms with E-state index < -0.39 is 0 Å². The Morgan fingerprint density at radius 1 is 1.09 bits per heavy atom. The van der Waals surface area contributed by atoms with Crippen molar-refractivity contribution in [3.8, 4) is 0 Å².